The number of aromatic nitrogens is 1. The Labute approximate surface area is 135 Å². The summed E-state index contributed by atoms with van der Waals surface area (Å²) < 4.78 is 0. The normalized spacial score (nSPS) is 15.2. The molecule has 1 N–H and O–H groups in total. The van der Waals surface area contributed by atoms with E-state index in [0.717, 1.165) is 40.9 Å². The average molecular weight is 315 g/mol. The summed E-state index contributed by atoms with van der Waals surface area (Å²) in [6, 6.07) is 7.84. The fourth-order valence-electron chi connectivity index (χ4n) is 2.69. The number of carbonyl (C=O) groups is 1. The molecule has 1 aliphatic rings. The standard InChI is InChI=1S/C17H21N3OS/c1-12-5-7-14(8-6-12)19-17(21)16-13(2)18-15(22-16)11-20-9-3-4-10-20/h5-8H,3-4,9-11H2,1-2H3,(H,19,21). The molecule has 2 aromatic rings. The molecule has 1 saturated heterocycles. The van der Waals surface area contributed by atoms with E-state index in [0.29, 0.717) is 0 Å². The van der Waals surface area contributed by atoms with Crippen LogP contribution in [0.3, 0.4) is 0 Å². The minimum atomic E-state index is -0.0634. The summed E-state index contributed by atoms with van der Waals surface area (Å²) in [6.07, 6.45) is 2.54. The van der Waals surface area contributed by atoms with Crippen LogP contribution in [0.15, 0.2) is 24.3 Å². The molecule has 4 nitrogen and oxygen atoms in total. The van der Waals surface area contributed by atoms with E-state index < -0.39 is 0 Å². The number of aryl methyl sites for hydroxylation is 2. The molecule has 1 fully saturated rings. The van der Waals surface area contributed by atoms with E-state index in [-0.39, 0.29) is 5.91 Å². The molecule has 5 heteroatoms. The summed E-state index contributed by atoms with van der Waals surface area (Å²) >= 11 is 1.51. The van der Waals surface area contributed by atoms with Crippen LogP contribution in [0.25, 0.3) is 0 Å². The number of hydrogen-bond donors (Lipinski definition) is 1. The molecule has 2 heterocycles. The first-order valence-corrected chi connectivity index (χ1v) is 8.50. The fraction of sp³-hybridized carbons (Fsp3) is 0.412. The number of benzene rings is 1. The summed E-state index contributed by atoms with van der Waals surface area (Å²) in [4.78, 5) is 20.1. The van der Waals surface area contributed by atoms with Gasteiger partial charge < -0.3 is 5.32 Å². The maximum atomic E-state index is 12.4. The van der Waals surface area contributed by atoms with Crippen LogP contribution in [0.1, 0.15) is 38.8 Å². The zero-order valence-corrected chi connectivity index (χ0v) is 13.9. The molecule has 1 aromatic heterocycles. The molecule has 0 saturated carbocycles. The van der Waals surface area contributed by atoms with Gasteiger partial charge in [0.2, 0.25) is 0 Å². The Morgan fingerprint density at radius 1 is 1.23 bits per heavy atom. The van der Waals surface area contributed by atoms with Gasteiger partial charge in [-0.1, -0.05) is 17.7 Å². The van der Waals surface area contributed by atoms with Crippen molar-refractivity contribution in [1.82, 2.24) is 9.88 Å². The second kappa shape index (κ2) is 6.58. The van der Waals surface area contributed by atoms with Gasteiger partial charge in [-0.2, -0.15) is 0 Å². The number of anilines is 1. The van der Waals surface area contributed by atoms with E-state index in [1.54, 1.807) is 0 Å². The number of carbonyl (C=O) groups excluding carboxylic acids is 1. The van der Waals surface area contributed by atoms with Gasteiger partial charge in [-0.05, 0) is 51.9 Å². The van der Waals surface area contributed by atoms with Gasteiger partial charge in [-0.3, -0.25) is 9.69 Å². The molecular formula is C17H21N3OS. The van der Waals surface area contributed by atoms with Gasteiger partial charge in [0.05, 0.1) is 12.2 Å². The van der Waals surface area contributed by atoms with E-state index in [1.165, 1.54) is 29.7 Å². The molecule has 0 unspecified atom stereocenters. The van der Waals surface area contributed by atoms with E-state index in [4.69, 9.17) is 0 Å². The van der Waals surface area contributed by atoms with E-state index in [1.807, 2.05) is 38.1 Å². The van der Waals surface area contributed by atoms with E-state index in [9.17, 15) is 4.79 Å². The molecule has 0 spiro atoms. The second-order valence-corrected chi connectivity index (χ2v) is 6.91. The second-order valence-electron chi connectivity index (χ2n) is 5.83. The van der Waals surface area contributed by atoms with Gasteiger partial charge in [0.25, 0.3) is 5.91 Å². The lowest BCUT2D eigenvalue weighted by Crippen LogP contribution is -2.18. The van der Waals surface area contributed by atoms with Crippen molar-refractivity contribution in [2.45, 2.75) is 33.2 Å². The number of rotatable bonds is 4. The predicted molar refractivity (Wildman–Crippen MR) is 90.5 cm³/mol. The van der Waals surface area contributed by atoms with E-state index in [2.05, 4.69) is 15.2 Å². The Hall–Kier alpha value is -1.72. The Morgan fingerprint density at radius 3 is 2.59 bits per heavy atom. The zero-order chi connectivity index (χ0) is 15.5. The Balaban J connectivity index is 1.69. The van der Waals surface area contributed by atoms with Crippen LogP contribution in [-0.4, -0.2) is 28.9 Å². The molecule has 1 amide bonds. The number of likely N-dealkylation sites (tertiary alicyclic amines) is 1. The Bertz CT molecular complexity index is 657. The minimum Gasteiger partial charge on any atom is -0.321 e. The monoisotopic (exact) mass is 315 g/mol. The van der Waals surface area contributed by atoms with Gasteiger partial charge in [-0.15, -0.1) is 11.3 Å². The average Bonchev–Trinajstić information content (AvgIpc) is 3.11. The molecule has 1 aromatic carbocycles. The minimum absolute atomic E-state index is 0.0634. The quantitative estimate of drug-likeness (QED) is 0.937. The Morgan fingerprint density at radius 2 is 1.91 bits per heavy atom. The smallest absolute Gasteiger partial charge is 0.267 e. The topological polar surface area (TPSA) is 45.2 Å². The van der Waals surface area contributed by atoms with Crippen molar-refractivity contribution in [3.63, 3.8) is 0 Å². The molecule has 1 aliphatic heterocycles. The van der Waals surface area contributed by atoms with Crippen molar-refractivity contribution in [3.8, 4) is 0 Å². The third kappa shape index (κ3) is 3.54. The fourth-order valence-corrected chi connectivity index (χ4v) is 3.69. The van der Waals surface area contributed by atoms with Crippen LogP contribution in [-0.2, 0) is 6.54 Å². The van der Waals surface area contributed by atoms with Crippen molar-refractivity contribution < 1.29 is 4.79 Å². The highest BCUT2D eigenvalue weighted by molar-refractivity contribution is 7.13. The van der Waals surface area contributed by atoms with Crippen molar-refractivity contribution in [2.75, 3.05) is 18.4 Å². The third-order valence-electron chi connectivity index (χ3n) is 3.91. The highest BCUT2D eigenvalue weighted by Crippen LogP contribution is 2.22. The van der Waals surface area contributed by atoms with Gasteiger partial charge in [0.15, 0.2) is 0 Å². The van der Waals surface area contributed by atoms with Gasteiger partial charge in [-0.25, -0.2) is 4.98 Å². The molecule has 116 valence electrons. The van der Waals surface area contributed by atoms with Crippen LogP contribution in [0.2, 0.25) is 0 Å². The molecular weight excluding hydrogens is 294 g/mol. The maximum Gasteiger partial charge on any atom is 0.267 e. The van der Waals surface area contributed by atoms with Crippen LogP contribution in [0, 0.1) is 13.8 Å². The van der Waals surface area contributed by atoms with Crippen molar-refractivity contribution in [2.24, 2.45) is 0 Å². The van der Waals surface area contributed by atoms with Crippen LogP contribution in [0.4, 0.5) is 5.69 Å². The SMILES string of the molecule is Cc1ccc(NC(=O)c2sc(CN3CCCC3)nc2C)cc1. The van der Waals surface area contributed by atoms with Crippen molar-refractivity contribution in [3.05, 3.63) is 45.4 Å². The highest BCUT2D eigenvalue weighted by Gasteiger charge is 2.18. The molecule has 22 heavy (non-hydrogen) atoms. The number of thiazole rings is 1. The lowest BCUT2D eigenvalue weighted by molar-refractivity contribution is 0.103. The zero-order valence-electron chi connectivity index (χ0n) is 13.1. The van der Waals surface area contributed by atoms with Gasteiger partial charge >= 0.3 is 0 Å². The summed E-state index contributed by atoms with van der Waals surface area (Å²) in [5.74, 6) is -0.0634. The first-order chi connectivity index (χ1) is 10.6. The first kappa shape index (κ1) is 15.2. The van der Waals surface area contributed by atoms with Gasteiger partial charge in [0.1, 0.15) is 9.88 Å². The Kier molecular flexibility index (Phi) is 4.55. The lowest BCUT2D eigenvalue weighted by Gasteiger charge is -2.11. The number of hydrogen-bond acceptors (Lipinski definition) is 4. The maximum absolute atomic E-state index is 12.4. The first-order valence-electron chi connectivity index (χ1n) is 7.68. The third-order valence-corrected chi connectivity index (χ3v) is 5.06. The summed E-state index contributed by atoms with van der Waals surface area (Å²) in [5, 5.41) is 3.99. The summed E-state index contributed by atoms with van der Waals surface area (Å²) in [6.45, 7) is 7.09. The predicted octanol–water partition coefficient (Wildman–Crippen LogP) is 3.61. The summed E-state index contributed by atoms with van der Waals surface area (Å²) in [7, 11) is 0. The molecule has 0 atom stereocenters. The molecule has 0 radical (unpaired) electrons. The molecule has 0 aliphatic carbocycles. The van der Waals surface area contributed by atoms with E-state index >= 15 is 0 Å². The van der Waals surface area contributed by atoms with Crippen molar-refractivity contribution >= 4 is 22.9 Å². The summed E-state index contributed by atoms with van der Waals surface area (Å²) in [5.41, 5.74) is 2.83. The molecule has 3 rings (SSSR count). The number of amides is 1. The largest absolute Gasteiger partial charge is 0.321 e. The number of nitrogens with zero attached hydrogens (tertiary/aromatic N) is 2. The van der Waals surface area contributed by atoms with Crippen molar-refractivity contribution in [1.29, 1.82) is 0 Å². The van der Waals surface area contributed by atoms with Crippen LogP contribution >= 0.6 is 11.3 Å². The highest BCUT2D eigenvalue weighted by atomic mass is 32.1. The molecule has 0 bridgehead atoms. The number of nitrogens with one attached hydrogen (secondary N) is 1. The lowest BCUT2D eigenvalue weighted by atomic mass is 10.2. The van der Waals surface area contributed by atoms with Crippen LogP contribution < -0.4 is 5.32 Å². The van der Waals surface area contributed by atoms with Gasteiger partial charge in [0, 0.05) is 5.69 Å². The van der Waals surface area contributed by atoms with Crippen LogP contribution in [0.5, 0.6) is 0 Å².